The molecule has 0 heterocycles. The zero-order valence-electron chi connectivity index (χ0n) is 12.6. The Hall–Kier alpha value is -2.40. The standard InChI is InChI=1S/C18H16BrNO3/c1-13-3-2-4-16(11-13)20-17(21)12-23-18(22)10-7-14-5-8-15(19)9-6-14/h2-11H,12H2,1H3,(H,20,21)/b10-7+. The van der Waals surface area contributed by atoms with E-state index in [1.807, 2.05) is 49.4 Å². The molecular formula is C18H16BrNO3. The number of amides is 1. The van der Waals surface area contributed by atoms with E-state index in [2.05, 4.69) is 21.2 Å². The van der Waals surface area contributed by atoms with Crippen molar-refractivity contribution in [1.82, 2.24) is 0 Å². The lowest BCUT2D eigenvalue weighted by Gasteiger charge is -2.06. The van der Waals surface area contributed by atoms with Gasteiger partial charge in [0.05, 0.1) is 0 Å². The smallest absolute Gasteiger partial charge is 0.331 e. The van der Waals surface area contributed by atoms with Crippen LogP contribution in [0, 0.1) is 6.92 Å². The highest BCUT2D eigenvalue weighted by Gasteiger charge is 2.05. The molecule has 0 aromatic heterocycles. The van der Waals surface area contributed by atoms with Crippen LogP contribution in [0.15, 0.2) is 59.1 Å². The van der Waals surface area contributed by atoms with Crippen molar-refractivity contribution in [2.24, 2.45) is 0 Å². The summed E-state index contributed by atoms with van der Waals surface area (Å²) in [7, 11) is 0. The zero-order valence-corrected chi connectivity index (χ0v) is 14.2. The number of anilines is 1. The molecule has 2 aromatic carbocycles. The number of carbonyl (C=O) groups excluding carboxylic acids is 2. The molecule has 2 aromatic rings. The summed E-state index contributed by atoms with van der Waals surface area (Å²) < 4.78 is 5.87. The molecule has 1 amide bonds. The molecule has 0 bridgehead atoms. The maximum atomic E-state index is 11.7. The first-order valence-corrected chi connectivity index (χ1v) is 7.79. The van der Waals surface area contributed by atoms with Crippen LogP contribution >= 0.6 is 15.9 Å². The van der Waals surface area contributed by atoms with Crippen LogP contribution in [0.5, 0.6) is 0 Å². The van der Waals surface area contributed by atoms with Crippen molar-refractivity contribution in [2.45, 2.75) is 6.92 Å². The maximum Gasteiger partial charge on any atom is 0.331 e. The fraction of sp³-hybridized carbons (Fsp3) is 0.111. The van der Waals surface area contributed by atoms with Crippen LogP contribution < -0.4 is 5.32 Å². The van der Waals surface area contributed by atoms with Gasteiger partial charge in [0.15, 0.2) is 6.61 Å². The second-order valence-corrected chi connectivity index (χ2v) is 5.83. The molecule has 1 N–H and O–H groups in total. The lowest BCUT2D eigenvalue weighted by atomic mass is 10.2. The number of hydrogen-bond acceptors (Lipinski definition) is 3. The molecule has 0 unspecified atom stereocenters. The van der Waals surface area contributed by atoms with Crippen LogP contribution in [0.1, 0.15) is 11.1 Å². The highest BCUT2D eigenvalue weighted by molar-refractivity contribution is 9.10. The predicted molar refractivity (Wildman–Crippen MR) is 93.9 cm³/mol. The van der Waals surface area contributed by atoms with Gasteiger partial charge in [0.1, 0.15) is 0 Å². The summed E-state index contributed by atoms with van der Waals surface area (Å²) in [5, 5.41) is 2.67. The number of rotatable bonds is 5. The van der Waals surface area contributed by atoms with E-state index in [1.165, 1.54) is 6.08 Å². The third-order valence-electron chi connectivity index (χ3n) is 2.93. The molecule has 0 aliphatic heterocycles. The van der Waals surface area contributed by atoms with Crippen LogP contribution in [0.2, 0.25) is 0 Å². The number of benzene rings is 2. The van der Waals surface area contributed by atoms with Gasteiger partial charge in [-0.3, -0.25) is 4.79 Å². The van der Waals surface area contributed by atoms with Crippen molar-refractivity contribution >= 4 is 39.6 Å². The van der Waals surface area contributed by atoms with E-state index < -0.39 is 5.97 Å². The average molecular weight is 374 g/mol. The summed E-state index contributed by atoms with van der Waals surface area (Å²) in [6, 6.07) is 14.9. The molecule has 0 aliphatic carbocycles. The Morgan fingerprint density at radius 1 is 1.17 bits per heavy atom. The highest BCUT2D eigenvalue weighted by atomic mass is 79.9. The fourth-order valence-corrected chi connectivity index (χ4v) is 2.11. The lowest BCUT2D eigenvalue weighted by Crippen LogP contribution is -2.20. The van der Waals surface area contributed by atoms with Gasteiger partial charge in [-0.25, -0.2) is 4.79 Å². The van der Waals surface area contributed by atoms with E-state index in [-0.39, 0.29) is 12.5 Å². The van der Waals surface area contributed by atoms with Crippen LogP contribution in [-0.2, 0) is 14.3 Å². The van der Waals surface area contributed by atoms with Crippen molar-refractivity contribution < 1.29 is 14.3 Å². The molecule has 0 aliphatic rings. The minimum atomic E-state index is -0.563. The topological polar surface area (TPSA) is 55.4 Å². The van der Waals surface area contributed by atoms with Gasteiger partial charge in [0.25, 0.3) is 5.91 Å². The Bertz CT molecular complexity index is 723. The number of carbonyl (C=O) groups is 2. The van der Waals surface area contributed by atoms with Crippen molar-refractivity contribution in [3.8, 4) is 0 Å². The molecule has 2 rings (SSSR count). The van der Waals surface area contributed by atoms with E-state index in [1.54, 1.807) is 12.1 Å². The van der Waals surface area contributed by atoms with Crippen LogP contribution in [-0.4, -0.2) is 18.5 Å². The quantitative estimate of drug-likeness (QED) is 0.637. The van der Waals surface area contributed by atoms with Crippen molar-refractivity contribution in [2.75, 3.05) is 11.9 Å². The van der Waals surface area contributed by atoms with Crippen LogP contribution in [0.4, 0.5) is 5.69 Å². The third-order valence-corrected chi connectivity index (χ3v) is 3.46. The van der Waals surface area contributed by atoms with E-state index in [0.717, 1.165) is 15.6 Å². The first kappa shape index (κ1) is 17.0. The van der Waals surface area contributed by atoms with Gasteiger partial charge >= 0.3 is 5.97 Å². The van der Waals surface area contributed by atoms with Gasteiger partial charge in [-0.1, -0.05) is 40.2 Å². The zero-order chi connectivity index (χ0) is 16.7. The number of hydrogen-bond donors (Lipinski definition) is 1. The molecule has 0 fully saturated rings. The molecular weight excluding hydrogens is 358 g/mol. The highest BCUT2D eigenvalue weighted by Crippen LogP contribution is 2.11. The number of esters is 1. The normalized spacial score (nSPS) is 10.5. The van der Waals surface area contributed by atoms with E-state index in [4.69, 9.17) is 4.74 Å². The summed E-state index contributed by atoms with van der Waals surface area (Å²) in [4.78, 5) is 23.3. The minimum absolute atomic E-state index is 0.322. The Kier molecular flexibility index (Phi) is 6.11. The van der Waals surface area contributed by atoms with Crippen molar-refractivity contribution in [3.63, 3.8) is 0 Å². The fourth-order valence-electron chi connectivity index (χ4n) is 1.84. The third kappa shape index (κ3) is 6.08. The molecule has 4 nitrogen and oxygen atoms in total. The van der Waals surface area contributed by atoms with Crippen molar-refractivity contribution in [1.29, 1.82) is 0 Å². The number of nitrogens with one attached hydrogen (secondary N) is 1. The van der Waals surface area contributed by atoms with Crippen molar-refractivity contribution in [3.05, 3.63) is 70.2 Å². The molecule has 0 saturated heterocycles. The summed E-state index contributed by atoms with van der Waals surface area (Å²) in [6.45, 7) is 1.61. The number of aryl methyl sites for hydroxylation is 1. The second kappa shape index (κ2) is 8.29. The van der Waals surface area contributed by atoms with E-state index >= 15 is 0 Å². The Balaban J connectivity index is 1.79. The summed E-state index contributed by atoms with van der Waals surface area (Å²) >= 11 is 3.34. The molecule has 118 valence electrons. The van der Waals surface area contributed by atoms with Gasteiger partial charge in [-0.2, -0.15) is 0 Å². The molecule has 0 spiro atoms. The van der Waals surface area contributed by atoms with Gasteiger partial charge < -0.3 is 10.1 Å². The van der Waals surface area contributed by atoms with Gasteiger partial charge in [0.2, 0.25) is 0 Å². The molecule has 5 heteroatoms. The molecule has 0 radical (unpaired) electrons. The first-order valence-electron chi connectivity index (χ1n) is 7.00. The molecule has 23 heavy (non-hydrogen) atoms. The largest absolute Gasteiger partial charge is 0.452 e. The van der Waals surface area contributed by atoms with E-state index in [0.29, 0.717) is 5.69 Å². The van der Waals surface area contributed by atoms with Gasteiger partial charge in [0, 0.05) is 16.2 Å². The summed E-state index contributed by atoms with van der Waals surface area (Å²) in [6.07, 6.45) is 2.93. The molecule has 0 saturated carbocycles. The summed E-state index contributed by atoms with van der Waals surface area (Å²) in [5.41, 5.74) is 2.59. The lowest BCUT2D eigenvalue weighted by molar-refractivity contribution is -0.142. The minimum Gasteiger partial charge on any atom is -0.452 e. The Labute approximate surface area is 143 Å². The Morgan fingerprint density at radius 2 is 1.91 bits per heavy atom. The first-order chi connectivity index (χ1) is 11.0. The molecule has 0 atom stereocenters. The number of halogens is 1. The monoisotopic (exact) mass is 373 g/mol. The SMILES string of the molecule is Cc1cccc(NC(=O)COC(=O)/C=C/c2ccc(Br)cc2)c1. The predicted octanol–water partition coefficient (Wildman–Crippen LogP) is 3.95. The van der Waals surface area contributed by atoms with Crippen LogP contribution in [0.3, 0.4) is 0 Å². The van der Waals surface area contributed by atoms with Gasteiger partial charge in [-0.05, 0) is 48.4 Å². The maximum absolute atomic E-state index is 11.7. The average Bonchev–Trinajstić information content (AvgIpc) is 2.52. The van der Waals surface area contributed by atoms with E-state index in [9.17, 15) is 9.59 Å². The summed E-state index contributed by atoms with van der Waals surface area (Å²) in [5.74, 6) is -0.937. The number of ether oxygens (including phenoxy) is 1. The Morgan fingerprint density at radius 3 is 2.61 bits per heavy atom. The van der Waals surface area contributed by atoms with Gasteiger partial charge in [-0.15, -0.1) is 0 Å². The van der Waals surface area contributed by atoms with Crippen LogP contribution in [0.25, 0.3) is 6.08 Å². The second-order valence-electron chi connectivity index (χ2n) is 4.91.